The largest absolute Gasteiger partial charge is 0.480 e. The Morgan fingerprint density at radius 2 is 2.19 bits per heavy atom. The number of nitrogens with one attached hydrogen (secondary N) is 1. The van der Waals surface area contributed by atoms with Gasteiger partial charge in [-0.25, -0.2) is 4.79 Å². The van der Waals surface area contributed by atoms with Gasteiger partial charge in [0.25, 0.3) is 0 Å². The van der Waals surface area contributed by atoms with Gasteiger partial charge in [-0.2, -0.15) is 0 Å². The number of aliphatic carboxylic acids is 1. The molecule has 0 spiro atoms. The predicted molar refractivity (Wildman–Crippen MR) is 77.6 cm³/mol. The molecule has 1 aliphatic rings. The molecule has 21 heavy (non-hydrogen) atoms. The highest BCUT2D eigenvalue weighted by Gasteiger charge is 2.45. The average Bonchev–Trinajstić information content (AvgIpc) is 2.41. The number of nitrogens with zero attached hydrogens (tertiary/aromatic N) is 2. The Hall–Kier alpha value is -2.18. The third kappa shape index (κ3) is 3.68. The average molecular weight is 295 g/mol. The molecule has 7 nitrogen and oxygen atoms in total. The van der Waals surface area contributed by atoms with E-state index in [1.807, 2.05) is 0 Å². The van der Waals surface area contributed by atoms with Crippen LogP contribution in [0.1, 0.15) is 33.1 Å². The van der Waals surface area contributed by atoms with E-state index >= 15 is 0 Å². The Kier molecular flexibility index (Phi) is 5.23. The van der Waals surface area contributed by atoms with Gasteiger partial charge in [-0.1, -0.05) is 13.8 Å². The highest BCUT2D eigenvalue weighted by molar-refractivity contribution is 6.03. The third-order valence-corrected chi connectivity index (χ3v) is 3.61. The number of likely N-dealkylation sites (tertiary alicyclic amines) is 1. The van der Waals surface area contributed by atoms with E-state index in [1.165, 1.54) is 6.20 Å². The molecule has 1 saturated heterocycles. The minimum Gasteiger partial charge on any atom is -0.480 e. The van der Waals surface area contributed by atoms with E-state index in [2.05, 4.69) is 17.0 Å². The first-order chi connectivity index (χ1) is 9.74. The first-order valence-corrected chi connectivity index (χ1v) is 6.66. The van der Waals surface area contributed by atoms with Crippen LogP contribution in [0.15, 0.2) is 16.9 Å². The van der Waals surface area contributed by atoms with Crippen LogP contribution < -0.4 is 5.32 Å². The van der Waals surface area contributed by atoms with Gasteiger partial charge in [-0.3, -0.25) is 19.5 Å². The van der Waals surface area contributed by atoms with Crippen LogP contribution in [-0.2, 0) is 14.4 Å². The molecule has 0 aromatic carbocycles. The first kappa shape index (κ1) is 16.9. The van der Waals surface area contributed by atoms with E-state index in [0.717, 1.165) is 4.90 Å². The molecule has 0 aliphatic carbocycles. The maximum Gasteiger partial charge on any atom is 0.327 e. The Labute approximate surface area is 123 Å². The zero-order chi connectivity index (χ0) is 16.2. The van der Waals surface area contributed by atoms with Crippen molar-refractivity contribution in [3.05, 3.63) is 11.9 Å². The molecule has 0 aromatic heterocycles. The van der Waals surface area contributed by atoms with Gasteiger partial charge in [0.15, 0.2) is 0 Å². The fourth-order valence-electron chi connectivity index (χ4n) is 2.23. The fourth-order valence-corrected chi connectivity index (χ4v) is 2.23. The zero-order valence-electron chi connectivity index (χ0n) is 12.5. The second-order valence-electron chi connectivity index (χ2n) is 5.60. The minimum absolute atomic E-state index is 0.0294. The Morgan fingerprint density at radius 3 is 2.67 bits per heavy atom. The summed E-state index contributed by atoms with van der Waals surface area (Å²) in [6.07, 6.45) is 1.94. The summed E-state index contributed by atoms with van der Waals surface area (Å²) in [5, 5.41) is 12.2. The molecule has 1 heterocycles. The number of hydrogen-bond acceptors (Lipinski definition) is 5. The van der Waals surface area contributed by atoms with E-state index in [-0.39, 0.29) is 12.8 Å². The molecule has 1 atom stereocenters. The molecule has 1 unspecified atom stereocenters. The Balaban J connectivity index is 3.11. The van der Waals surface area contributed by atoms with Crippen LogP contribution in [0.3, 0.4) is 0 Å². The number of carbonyl (C=O) groups is 3. The lowest BCUT2D eigenvalue weighted by Gasteiger charge is -2.38. The van der Waals surface area contributed by atoms with Crippen LogP contribution in [0.5, 0.6) is 0 Å². The molecule has 0 saturated carbocycles. The van der Waals surface area contributed by atoms with Crippen LogP contribution in [0.25, 0.3) is 0 Å². The SMILES string of the molecule is C=N/C=C(/CC(C(=O)O)N1C(=O)CCC(C)(C)C1=O)NC. The smallest absolute Gasteiger partial charge is 0.327 e. The quantitative estimate of drug-likeness (QED) is 0.557. The number of piperidine rings is 1. The fraction of sp³-hybridized carbons (Fsp3) is 0.571. The summed E-state index contributed by atoms with van der Waals surface area (Å²) in [6, 6.07) is -1.25. The van der Waals surface area contributed by atoms with Crippen LogP contribution in [-0.4, -0.2) is 47.6 Å². The minimum atomic E-state index is -1.25. The van der Waals surface area contributed by atoms with Gasteiger partial charge in [-0.15, -0.1) is 0 Å². The van der Waals surface area contributed by atoms with Crippen molar-refractivity contribution in [1.29, 1.82) is 0 Å². The summed E-state index contributed by atoms with van der Waals surface area (Å²) >= 11 is 0. The summed E-state index contributed by atoms with van der Waals surface area (Å²) in [6.45, 7) is 6.74. The zero-order valence-corrected chi connectivity index (χ0v) is 12.5. The maximum atomic E-state index is 12.4. The van der Waals surface area contributed by atoms with Crippen molar-refractivity contribution in [3.63, 3.8) is 0 Å². The summed E-state index contributed by atoms with van der Waals surface area (Å²) in [7, 11) is 1.61. The Bertz CT molecular complexity index is 496. The number of imide groups is 1. The highest BCUT2D eigenvalue weighted by atomic mass is 16.4. The number of carboxylic acids is 1. The van der Waals surface area contributed by atoms with Crippen molar-refractivity contribution in [2.24, 2.45) is 10.4 Å². The van der Waals surface area contributed by atoms with E-state index in [0.29, 0.717) is 12.1 Å². The predicted octanol–water partition coefficient (Wildman–Crippen LogP) is 0.766. The van der Waals surface area contributed by atoms with E-state index in [9.17, 15) is 19.5 Å². The molecular weight excluding hydrogens is 274 g/mol. The van der Waals surface area contributed by atoms with Crippen molar-refractivity contribution in [3.8, 4) is 0 Å². The molecule has 1 aliphatic heterocycles. The van der Waals surface area contributed by atoms with Crippen LogP contribution in [0, 0.1) is 5.41 Å². The normalized spacial score (nSPS) is 20.1. The molecule has 2 amide bonds. The van der Waals surface area contributed by atoms with Gasteiger partial charge >= 0.3 is 5.97 Å². The lowest BCUT2D eigenvalue weighted by molar-refractivity contribution is -0.166. The molecule has 1 fully saturated rings. The lowest BCUT2D eigenvalue weighted by Crippen LogP contribution is -2.56. The van der Waals surface area contributed by atoms with E-state index in [1.54, 1.807) is 20.9 Å². The molecule has 2 N–H and O–H groups in total. The van der Waals surface area contributed by atoms with Crippen LogP contribution >= 0.6 is 0 Å². The third-order valence-electron chi connectivity index (χ3n) is 3.61. The van der Waals surface area contributed by atoms with Crippen molar-refractivity contribution in [2.45, 2.75) is 39.2 Å². The van der Waals surface area contributed by atoms with Gasteiger partial charge < -0.3 is 10.4 Å². The highest BCUT2D eigenvalue weighted by Crippen LogP contribution is 2.32. The number of aliphatic imine (C=N–C) groups is 1. The van der Waals surface area contributed by atoms with E-state index < -0.39 is 29.2 Å². The van der Waals surface area contributed by atoms with Crippen LogP contribution in [0.2, 0.25) is 0 Å². The number of amides is 2. The van der Waals surface area contributed by atoms with Crippen molar-refractivity contribution in [1.82, 2.24) is 10.2 Å². The van der Waals surface area contributed by atoms with Gasteiger partial charge in [0.2, 0.25) is 11.8 Å². The van der Waals surface area contributed by atoms with Crippen molar-refractivity contribution < 1.29 is 19.5 Å². The Morgan fingerprint density at radius 1 is 1.57 bits per heavy atom. The summed E-state index contributed by atoms with van der Waals surface area (Å²) in [5.41, 5.74) is -0.247. The standard InChI is InChI=1S/C14H21N3O4/c1-14(2)6-5-11(18)17(13(14)21)10(12(19)20)7-9(16-4)8-15-3/h8,10,16H,3,5-7H2,1-2,4H3,(H,19,20)/b9-8-. The van der Waals surface area contributed by atoms with Gasteiger partial charge in [0.1, 0.15) is 6.04 Å². The number of rotatable bonds is 6. The molecular formula is C14H21N3O4. The molecule has 0 aromatic rings. The molecule has 0 bridgehead atoms. The number of carboxylic acid groups (broad SMARTS) is 1. The molecule has 1 rings (SSSR count). The molecule has 0 radical (unpaired) electrons. The number of hydrogen-bond donors (Lipinski definition) is 2. The second kappa shape index (κ2) is 6.51. The van der Waals surface area contributed by atoms with Crippen LogP contribution in [0.4, 0.5) is 0 Å². The van der Waals surface area contributed by atoms with E-state index in [4.69, 9.17) is 0 Å². The summed E-state index contributed by atoms with van der Waals surface area (Å²) in [5.74, 6) is -2.12. The molecule has 7 heteroatoms. The monoisotopic (exact) mass is 295 g/mol. The maximum absolute atomic E-state index is 12.4. The van der Waals surface area contributed by atoms with Crippen molar-refractivity contribution in [2.75, 3.05) is 7.05 Å². The summed E-state index contributed by atoms with van der Waals surface area (Å²) < 4.78 is 0. The van der Waals surface area contributed by atoms with Gasteiger partial charge in [0.05, 0.1) is 0 Å². The van der Waals surface area contributed by atoms with Crippen molar-refractivity contribution >= 4 is 24.5 Å². The van der Waals surface area contributed by atoms with Gasteiger partial charge in [0, 0.05) is 37.2 Å². The number of carbonyl (C=O) groups excluding carboxylic acids is 2. The summed E-state index contributed by atoms with van der Waals surface area (Å²) in [4.78, 5) is 40.4. The second-order valence-corrected chi connectivity index (χ2v) is 5.60. The topological polar surface area (TPSA) is 99.1 Å². The van der Waals surface area contributed by atoms with Gasteiger partial charge in [-0.05, 0) is 13.1 Å². The molecule has 116 valence electrons. The lowest BCUT2D eigenvalue weighted by atomic mass is 9.82. The first-order valence-electron chi connectivity index (χ1n) is 6.66.